The quantitative estimate of drug-likeness (QED) is 0.683. The van der Waals surface area contributed by atoms with Crippen molar-refractivity contribution in [3.8, 4) is 0 Å². The molecular weight excluding hydrogens is 187 g/mol. The van der Waals surface area contributed by atoms with Crippen LogP contribution in [0.3, 0.4) is 0 Å². The molecule has 1 amide bonds. The standard InChI is InChI=1S/C7H10F3NO2/c1-4(2)5(12)6(13)11-3-7(8,9)10/h4H,3H2,1-2H3,(H,11,13). The lowest BCUT2D eigenvalue weighted by Gasteiger charge is -2.08. The number of hydrogen-bond donors (Lipinski definition) is 1. The lowest BCUT2D eigenvalue weighted by molar-refractivity contribution is -0.146. The number of alkyl halides is 3. The van der Waals surface area contributed by atoms with Crippen molar-refractivity contribution in [3.05, 3.63) is 0 Å². The number of ketones is 1. The van der Waals surface area contributed by atoms with E-state index in [-0.39, 0.29) is 0 Å². The molecule has 0 atom stereocenters. The maximum atomic E-state index is 11.6. The van der Waals surface area contributed by atoms with E-state index in [2.05, 4.69) is 0 Å². The highest BCUT2D eigenvalue weighted by molar-refractivity contribution is 6.36. The van der Waals surface area contributed by atoms with Crippen molar-refractivity contribution in [3.63, 3.8) is 0 Å². The van der Waals surface area contributed by atoms with Crippen LogP contribution in [0.2, 0.25) is 0 Å². The smallest absolute Gasteiger partial charge is 0.340 e. The minimum absolute atomic E-state index is 0.590. The largest absolute Gasteiger partial charge is 0.405 e. The van der Waals surface area contributed by atoms with Gasteiger partial charge in [-0.2, -0.15) is 13.2 Å². The molecule has 76 valence electrons. The van der Waals surface area contributed by atoms with Crippen LogP contribution in [0.4, 0.5) is 13.2 Å². The topological polar surface area (TPSA) is 46.2 Å². The summed E-state index contributed by atoms with van der Waals surface area (Å²) in [5.74, 6) is -2.62. The zero-order chi connectivity index (χ0) is 10.6. The molecule has 3 nitrogen and oxygen atoms in total. The number of amides is 1. The van der Waals surface area contributed by atoms with Crippen LogP contribution in [0.15, 0.2) is 0 Å². The number of rotatable bonds is 3. The molecule has 0 aliphatic rings. The Balaban J connectivity index is 3.96. The second-order valence-corrected chi connectivity index (χ2v) is 2.82. The first-order chi connectivity index (χ1) is 5.74. The average Bonchev–Trinajstić information content (AvgIpc) is 1.97. The maximum absolute atomic E-state index is 11.6. The van der Waals surface area contributed by atoms with E-state index in [0.717, 1.165) is 0 Å². The molecule has 0 aliphatic carbocycles. The molecule has 13 heavy (non-hydrogen) atoms. The summed E-state index contributed by atoms with van der Waals surface area (Å²) in [6, 6.07) is 0. The molecule has 0 heterocycles. The summed E-state index contributed by atoms with van der Waals surface area (Å²) in [5, 5.41) is 1.49. The first-order valence-corrected chi connectivity index (χ1v) is 3.63. The number of carbonyl (C=O) groups excluding carboxylic acids is 2. The molecule has 0 unspecified atom stereocenters. The van der Waals surface area contributed by atoms with E-state index in [1.807, 2.05) is 0 Å². The maximum Gasteiger partial charge on any atom is 0.405 e. The average molecular weight is 197 g/mol. The van der Waals surface area contributed by atoms with Gasteiger partial charge < -0.3 is 5.32 Å². The third-order valence-electron chi connectivity index (χ3n) is 1.20. The van der Waals surface area contributed by atoms with Gasteiger partial charge in [-0.3, -0.25) is 9.59 Å². The summed E-state index contributed by atoms with van der Waals surface area (Å²) in [4.78, 5) is 21.5. The van der Waals surface area contributed by atoms with Crippen molar-refractivity contribution >= 4 is 11.7 Å². The van der Waals surface area contributed by atoms with Crippen molar-refractivity contribution in [2.24, 2.45) is 5.92 Å². The minimum atomic E-state index is -4.48. The summed E-state index contributed by atoms with van der Waals surface area (Å²) in [6.45, 7) is 1.41. The molecular formula is C7H10F3NO2. The van der Waals surface area contributed by atoms with Gasteiger partial charge in [-0.05, 0) is 0 Å². The first-order valence-electron chi connectivity index (χ1n) is 3.63. The Labute approximate surface area is 73.3 Å². The number of hydrogen-bond acceptors (Lipinski definition) is 2. The van der Waals surface area contributed by atoms with E-state index in [1.165, 1.54) is 19.2 Å². The molecule has 0 aromatic rings. The molecule has 0 saturated carbocycles. The van der Waals surface area contributed by atoms with Crippen LogP contribution in [0.5, 0.6) is 0 Å². The Morgan fingerprint density at radius 3 is 2.08 bits per heavy atom. The number of carbonyl (C=O) groups is 2. The molecule has 0 saturated heterocycles. The van der Waals surface area contributed by atoms with Crippen LogP contribution in [0.25, 0.3) is 0 Å². The fourth-order valence-electron chi connectivity index (χ4n) is 0.530. The minimum Gasteiger partial charge on any atom is -0.340 e. The van der Waals surface area contributed by atoms with Crippen molar-refractivity contribution in [1.29, 1.82) is 0 Å². The first kappa shape index (κ1) is 11.9. The van der Waals surface area contributed by atoms with E-state index in [1.54, 1.807) is 0 Å². The lowest BCUT2D eigenvalue weighted by Crippen LogP contribution is -2.39. The van der Waals surface area contributed by atoms with Gasteiger partial charge in [-0.25, -0.2) is 0 Å². The van der Waals surface area contributed by atoms with E-state index in [9.17, 15) is 22.8 Å². The van der Waals surface area contributed by atoms with E-state index < -0.39 is 30.3 Å². The Morgan fingerprint density at radius 1 is 1.31 bits per heavy atom. The van der Waals surface area contributed by atoms with Gasteiger partial charge in [0.05, 0.1) is 0 Å². The molecule has 6 heteroatoms. The van der Waals surface area contributed by atoms with Crippen LogP contribution in [0.1, 0.15) is 13.8 Å². The summed E-state index contributed by atoms with van der Waals surface area (Å²) >= 11 is 0. The Kier molecular flexibility index (Phi) is 3.90. The molecule has 0 fully saturated rings. The van der Waals surface area contributed by atoms with E-state index in [4.69, 9.17) is 0 Å². The second kappa shape index (κ2) is 4.25. The van der Waals surface area contributed by atoms with Gasteiger partial charge in [0, 0.05) is 5.92 Å². The van der Waals surface area contributed by atoms with Gasteiger partial charge >= 0.3 is 6.18 Å². The monoisotopic (exact) mass is 197 g/mol. The van der Waals surface area contributed by atoms with Gasteiger partial charge in [0.2, 0.25) is 5.78 Å². The molecule has 0 aliphatic heterocycles. The fourth-order valence-corrected chi connectivity index (χ4v) is 0.530. The highest BCUT2D eigenvalue weighted by Gasteiger charge is 2.29. The van der Waals surface area contributed by atoms with Crippen molar-refractivity contribution < 1.29 is 22.8 Å². The SMILES string of the molecule is CC(C)C(=O)C(=O)NCC(F)(F)F. The summed E-state index contributed by atoms with van der Waals surface area (Å²) in [6.07, 6.45) is -4.48. The predicted molar refractivity (Wildman–Crippen MR) is 38.9 cm³/mol. The summed E-state index contributed by atoms with van der Waals surface area (Å²) in [5.41, 5.74) is 0. The van der Waals surface area contributed by atoms with Crippen molar-refractivity contribution in [2.45, 2.75) is 20.0 Å². The second-order valence-electron chi connectivity index (χ2n) is 2.82. The van der Waals surface area contributed by atoms with E-state index in [0.29, 0.717) is 0 Å². The molecule has 1 N–H and O–H groups in total. The molecule has 0 spiro atoms. The third-order valence-corrected chi connectivity index (χ3v) is 1.20. The lowest BCUT2D eigenvalue weighted by atomic mass is 10.1. The van der Waals surface area contributed by atoms with Crippen molar-refractivity contribution in [2.75, 3.05) is 6.54 Å². The van der Waals surface area contributed by atoms with Crippen LogP contribution in [-0.4, -0.2) is 24.4 Å². The number of nitrogens with one attached hydrogen (secondary N) is 1. The van der Waals surface area contributed by atoms with Crippen LogP contribution < -0.4 is 5.32 Å². The highest BCUT2D eigenvalue weighted by Crippen LogP contribution is 2.12. The van der Waals surface area contributed by atoms with Gasteiger partial charge in [0.25, 0.3) is 5.91 Å². The summed E-state index contributed by atoms with van der Waals surface area (Å²) < 4.78 is 34.7. The zero-order valence-electron chi connectivity index (χ0n) is 7.23. The van der Waals surface area contributed by atoms with Gasteiger partial charge in [0.1, 0.15) is 6.54 Å². The van der Waals surface area contributed by atoms with Gasteiger partial charge in [-0.15, -0.1) is 0 Å². The van der Waals surface area contributed by atoms with Crippen LogP contribution >= 0.6 is 0 Å². The third kappa shape index (κ3) is 5.21. The Bertz CT molecular complexity index is 210. The van der Waals surface area contributed by atoms with Gasteiger partial charge in [0.15, 0.2) is 0 Å². The molecule has 0 aromatic carbocycles. The van der Waals surface area contributed by atoms with Crippen molar-refractivity contribution in [1.82, 2.24) is 5.32 Å². The van der Waals surface area contributed by atoms with Crippen LogP contribution in [-0.2, 0) is 9.59 Å². The number of halogens is 3. The zero-order valence-corrected chi connectivity index (χ0v) is 7.23. The van der Waals surface area contributed by atoms with E-state index >= 15 is 0 Å². The molecule has 0 aromatic heterocycles. The summed E-state index contributed by atoms with van der Waals surface area (Å²) in [7, 11) is 0. The van der Waals surface area contributed by atoms with Gasteiger partial charge in [-0.1, -0.05) is 13.8 Å². The molecule has 0 bridgehead atoms. The normalized spacial score (nSPS) is 11.5. The molecule has 0 rings (SSSR count). The predicted octanol–water partition coefficient (Wildman–Crippen LogP) is 0.890. The Morgan fingerprint density at radius 2 is 1.77 bits per heavy atom. The van der Waals surface area contributed by atoms with Crippen LogP contribution in [0, 0.1) is 5.92 Å². The Hall–Kier alpha value is -1.07. The fraction of sp³-hybridized carbons (Fsp3) is 0.714. The highest BCUT2D eigenvalue weighted by atomic mass is 19.4. The molecule has 0 radical (unpaired) electrons. The number of Topliss-reactive ketones (excluding diaryl/α,β-unsaturated/α-hetero) is 1.